The summed E-state index contributed by atoms with van der Waals surface area (Å²) in [5.74, 6) is -0.195. The molecular weight excluding hydrogens is 1090 g/mol. The maximum absolute atomic E-state index is 14.5. The maximum Gasteiger partial charge on any atom is 0.501 e. The third-order valence-electron chi connectivity index (χ3n) is 15.0. The fourth-order valence-electron chi connectivity index (χ4n) is 10.9. The smallest absolute Gasteiger partial charge is 0.380 e. The van der Waals surface area contributed by atoms with Crippen LogP contribution in [-0.2, 0) is 33.5 Å². The number of alkyl halides is 3. The Hall–Kier alpha value is -3.87. The summed E-state index contributed by atoms with van der Waals surface area (Å²) in [4.78, 5) is 17.0. The van der Waals surface area contributed by atoms with Crippen molar-refractivity contribution in [3.63, 3.8) is 0 Å². The Balaban J connectivity index is 1.01. The van der Waals surface area contributed by atoms with Crippen LogP contribution in [0.4, 0.5) is 24.5 Å². The molecule has 4 aromatic carbocycles. The lowest BCUT2D eigenvalue weighted by atomic mass is 9.73. The number of anilines is 2. The highest BCUT2D eigenvalue weighted by Gasteiger charge is 2.48. The molecule has 2 fully saturated rings. The van der Waals surface area contributed by atoms with Crippen LogP contribution in [0.3, 0.4) is 0 Å². The van der Waals surface area contributed by atoms with Crippen molar-refractivity contribution in [2.24, 2.45) is 17.3 Å². The minimum absolute atomic E-state index is 0.00795. The van der Waals surface area contributed by atoms with E-state index in [0.717, 1.165) is 120 Å². The Kier molecular flexibility index (Phi) is 21.4. The molecule has 2 aliphatic carbocycles. The van der Waals surface area contributed by atoms with Gasteiger partial charge in [0.25, 0.3) is 25.8 Å². The molecule has 0 radical (unpaired) electrons. The Morgan fingerprint density at radius 1 is 0.844 bits per heavy atom. The molecule has 422 valence electrons. The number of hydrogen-bond acceptors (Lipinski definition) is 12. The summed E-state index contributed by atoms with van der Waals surface area (Å²) in [5, 5.41) is 3.80. The molecule has 0 aromatic heterocycles. The lowest BCUT2D eigenvalue weighted by Crippen LogP contribution is -2.47. The van der Waals surface area contributed by atoms with Gasteiger partial charge in [-0.3, -0.25) is 14.3 Å². The summed E-state index contributed by atoms with van der Waals surface area (Å²) in [6.45, 7) is 12.8. The number of piperazine rings is 1. The molecule has 0 spiro atoms. The molecular formula is C57H75ClF3N4O8PS3. The molecule has 1 saturated carbocycles. The van der Waals surface area contributed by atoms with Gasteiger partial charge in [-0.25, -0.2) is 21.6 Å². The van der Waals surface area contributed by atoms with Gasteiger partial charge in [0.15, 0.2) is 0 Å². The zero-order valence-corrected chi connectivity index (χ0v) is 48.8. The highest BCUT2D eigenvalue weighted by molar-refractivity contribution is 7.99. The molecule has 2 N–H and O–H groups in total. The van der Waals surface area contributed by atoms with Crippen molar-refractivity contribution in [2.45, 2.75) is 131 Å². The van der Waals surface area contributed by atoms with Crippen molar-refractivity contribution in [2.75, 3.05) is 68.1 Å². The predicted molar refractivity (Wildman–Crippen MR) is 304 cm³/mol. The molecule has 3 atom stereocenters. The average molecular weight is 1160 g/mol. The number of thioether (sulfide) groups is 1. The van der Waals surface area contributed by atoms with Gasteiger partial charge < -0.3 is 19.3 Å². The van der Waals surface area contributed by atoms with Gasteiger partial charge in [-0.15, -0.1) is 11.8 Å². The van der Waals surface area contributed by atoms with Crippen LogP contribution in [0.25, 0.3) is 5.57 Å². The van der Waals surface area contributed by atoms with E-state index in [-0.39, 0.29) is 22.8 Å². The zero-order valence-electron chi connectivity index (χ0n) is 44.7. The Morgan fingerprint density at radius 3 is 2.13 bits per heavy atom. The van der Waals surface area contributed by atoms with Crippen LogP contribution in [0.15, 0.2) is 117 Å². The average Bonchev–Trinajstić information content (AvgIpc) is 3.51. The second-order valence-corrected chi connectivity index (χ2v) is 28.6. The van der Waals surface area contributed by atoms with Crippen LogP contribution >= 0.6 is 31.0 Å². The molecule has 1 aliphatic heterocycles. The molecule has 0 bridgehead atoms. The summed E-state index contributed by atoms with van der Waals surface area (Å²) in [6.07, 6.45) is 11.1. The Morgan fingerprint density at radius 2 is 1.48 bits per heavy atom. The summed E-state index contributed by atoms with van der Waals surface area (Å²) >= 11 is 7.68. The van der Waals surface area contributed by atoms with Gasteiger partial charge in [0, 0.05) is 65.7 Å². The molecule has 12 nitrogen and oxygen atoms in total. The number of nitrogens with one attached hydrogen (secondary N) is 2. The standard InChI is InChI=1S/C57H75ClF3N4O8PS3/c1-5-72-74(67,73-6-2)40-43-14-11-10-13-42(15-12-16-43)19-26-48(41-75-50-17-8-7-9-18-50)62-53-30-29-51(37-54(53)76(68,69)57(59,60)61)77(70,71)63-55(66)45-22-27-49(28-23-45)65-35-33-64(34-36-65)39-46-38-56(3,4)32-31-52(46)44-20-24-47(58)25-21-44/h7-9,17-18,20-25,27-30,37,42-43,48,62H,5-6,10-16,19,26,31-36,38-41H2,1-4H3,(H,63,66)/t42?,43?,48-/m1/s1. The molecule has 7 rings (SSSR count). The van der Waals surface area contributed by atoms with Crippen LogP contribution in [0.5, 0.6) is 0 Å². The number of sulfonamides is 1. The third-order valence-corrected chi connectivity index (χ3v) is 21.6. The fraction of sp³-hybridized carbons (Fsp3) is 0.526. The number of allylic oxidation sites excluding steroid dienone is 1. The van der Waals surface area contributed by atoms with Crippen LogP contribution in [-0.4, -0.2) is 97.0 Å². The molecule has 4 aromatic rings. The molecule has 1 saturated heterocycles. The largest absolute Gasteiger partial charge is 0.501 e. The number of hydrogen-bond donors (Lipinski definition) is 2. The lowest BCUT2D eigenvalue weighted by Gasteiger charge is -2.39. The van der Waals surface area contributed by atoms with E-state index in [1.54, 1.807) is 26.0 Å². The molecule has 1 heterocycles. The normalized spacial score (nSPS) is 19.7. The number of carbonyl (C=O) groups excluding carboxylic acids is 1. The van der Waals surface area contributed by atoms with Gasteiger partial charge >= 0.3 is 13.1 Å². The van der Waals surface area contributed by atoms with Crippen molar-refractivity contribution in [1.82, 2.24) is 9.62 Å². The topological polar surface area (TPSA) is 151 Å². The van der Waals surface area contributed by atoms with Gasteiger partial charge in [-0.1, -0.05) is 93.5 Å². The number of carbonyl (C=O) groups is 1. The van der Waals surface area contributed by atoms with Crippen LogP contribution in [0, 0.1) is 17.3 Å². The molecule has 77 heavy (non-hydrogen) atoms. The summed E-state index contributed by atoms with van der Waals surface area (Å²) in [7, 11) is -14.2. The van der Waals surface area contributed by atoms with Gasteiger partial charge in [-0.05, 0) is 154 Å². The van der Waals surface area contributed by atoms with E-state index in [0.29, 0.717) is 49.1 Å². The first-order valence-corrected chi connectivity index (χ1v) is 33.0. The van der Waals surface area contributed by atoms with Crippen LogP contribution < -0.4 is 14.9 Å². The van der Waals surface area contributed by atoms with E-state index in [1.165, 1.54) is 40.6 Å². The molecule has 1 amide bonds. The van der Waals surface area contributed by atoms with Crippen LogP contribution in [0.1, 0.15) is 121 Å². The summed E-state index contributed by atoms with van der Waals surface area (Å²) < 4.78 is 124. The van der Waals surface area contributed by atoms with Crippen molar-refractivity contribution in [1.29, 1.82) is 0 Å². The van der Waals surface area contributed by atoms with Crippen molar-refractivity contribution in [3.8, 4) is 0 Å². The van der Waals surface area contributed by atoms with E-state index in [1.807, 2.05) is 47.2 Å². The number of amides is 1. The Bertz CT molecular complexity index is 2900. The second kappa shape index (κ2) is 27.1. The monoisotopic (exact) mass is 1160 g/mol. The zero-order chi connectivity index (χ0) is 55.4. The number of halogens is 4. The number of rotatable bonds is 22. The lowest BCUT2D eigenvalue weighted by molar-refractivity contribution is -0.0436. The van der Waals surface area contributed by atoms with Crippen molar-refractivity contribution in [3.05, 3.63) is 119 Å². The molecule has 20 heteroatoms. The third kappa shape index (κ3) is 17.1. The molecule has 2 unspecified atom stereocenters. The Labute approximate surface area is 464 Å². The summed E-state index contributed by atoms with van der Waals surface area (Å²) in [6, 6.07) is 25.9. The first-order valence-electron chi connectivity index (χ1n) is 27.0. The number of benzene rings is 4. The first-order chi connectivity index (χ1) is 36.6. The number of nitrogens with zero attached hydrogens (tertiary/aromatic N) is 2. The maximum atomic E-state index is 14.5. The highest BCUT2D eigenvalue weighted by atomic mass is 35.5. The SMILES string of the molecule is CCOP(=O)(CC1CCCCC(CC[C@H](CSc2ccccc2)Nc2ccc(S(=O)(=O)NC(=O)c3ccc(N4CCN(CC5=C(c6ccc(Cl)cc6)CCC(C)(C)C5)CC4)cc3)cc2S(=O)(=O)C(F)(F)F)CCC1)OCC. The van der Waals surface area contributed by atoms with E-state index in [2.05, 4.69) is 41.1 Å². The quantitative estimate of drug-likeness (QED) is 0.0569. The van der Waals surface area contributed by atoms with E-state index in [9.17, 15) is 39.4 Å². The van der Waals surface area contributed by atoms with Crippen molar-refractivity contribution >= 4 is 73.7 Å². The van der Waals surface area contributed by atoms with Crippen LogP contribution in [0.2, 0.25) is 5.02 Å². The van der Waals surface area contributed by atoms with Gasteiger partial charge in [-0.2, -0.15) is 13.2 Å². The predicted octanol–water partition coefficient (Wildman–Crippen LogP) is 14.1. The van der Waals surface area contributed by atoms with Gasteiger partial charge in [0.1, 0.15) is 4.90 Å². The van der Waals surface area contributed by atoms with Crippen molar-refractivity contribution < 1.29 is 48.4 Å². The molecule has 3 aliphatic rings. The van der Waals surface area contributed by atoms with E-state index >= 15 is 0 Å². The van der Waals surface area contributed by atoms with Gasteiger partial charge in [0.05, 0.1) is 30.0 Å². The first kappa shape index (κ1) is 60.8. The van der Waals surface area contributed by atoms with E-state index in [4.69, 9.17) is 20.6 Å². The fourth-order valence-corrected chi connectivity index (χ4v) is 16.1. The van der Waals surface area contributed by atoms with Gasteiger partial charge in [0.2, 0.25) is 0 Å². The highest BCUT2D eigenvalue weighted by Crippen LogP contribution is 2.51. The number of sulfone groups is 1. The second-order valence-electron chi connectivity index (χ2n) is 21.4. The van der Waals surface area contributed by atoms with E-state index < -0.39 is 60.4 Å². The minimum Gasteiger partial charge on any atom is -0.380 e. The minimum atomic E-state index is -6.10. The summed E-state index contributed by atoms with van der Waals surface area (Å²) in [5.41, 5.74) is -1.07.